The van der Waals surface area contributed by atoms with E-state index in [0.29, 0.717) is 32.0 Å². The van der Waals surface area contributed by atoms with E-state index in [4.69, 9.17) is 9.47 Å². The highest BCUT2D eigenvalue weighted by Gasteiger charge is 2.39. The number of ether oxygens (including phenoxy) is 2. The Morgan fingerprint density at radius 2 is 1.72 bits per heavy atom. The molecule has 0 spiro atoms. The van der Waals surface area contributed by atoms with Gasteiger partial charge in [0.05, 0.1) is 13.2 Å². The third kappa shape index (κ3) is 4.72. The van der Waals surface area contributed by atoms with Crippen LogP contribution >= 0.6 is 0 Å². The molecule has 0 saturated heterocycles. The van der Waals surface area contributed by atoms with Crippen molar-refractivity contribution >= 4 is 11.7 Å². The lowest BCUT2D eigenvalue weighted by atomic mass is 9.73. The third-order valence-electron chi connectivity index (χ3n) is 6.07. The van der Waals surface area contributed by atoms with Crippen molar-refractivity contribution in [3.8, 4) is 11.5 Å². The number of carbonyl (C=O) groups is 2. The van der Waals surface area contributed by atoms with Crippen molar-refractivity contribution in [3.63, 3.8) is 0 Å². The fourth-order valence-corrected chi connectivity index (χ4v) is 4.62. The molecule has 2 atom stereocenters. The summed E-state index contributed by atoms with van der Waals surface area (Å²) in [5.74, 6) is 1.88. The van der Waals surface area contributed by atoms with Gasteiger partial charge in [0.15, 0.2) is 5.78 Å². The summed E-state index contributed by atoms with van der Waals surface area (Å²) in [4.78, 5) is 25.9. The highest BCUT2D eigenvalue weighted by atomic mass is 16.5. The van der Waals surface area contributed by atoms with E-state index in [-0.39, 0.29) is 29.9 Å². The maximum Gasteiger partial charge on any atom is 0.225 e. The molecule has 0 fully saturated rings. The first-order valence-electron chi connectivity index (χ1n) is 11.5. The lowest BCUT2D eigenvalue weighted by Gasteiger charge is -2.35. The summed E-state index contributed by atoms with van der Waals surface area (Å²) in [7, 11) is 0. The van der Waals surface area contributed by atoms with E-state index in [1.165, 1.54) is 0 Å². The molecule has 2 aromatic carbocycles. The normalized spacial score (nSPS) is 20.8. The molecule has 4 rings (SSSR count). The van der Waals surface area contributed by atoms with Crippen LogP contribution in [0.1, 0.15) is 63.0 Å². The molecule has 168 valence electrons. The Kier molecular flexibility index (Phi) is 6.63. The van der Waals surface area contributed by atoms with Gasteiger partial charge in [-0.2, -0.15) is 0 Å². The van der Waals surface area contributed by atoms with Crippen LogP contribution in [0.25, 0.3) is 0 Å². The molecule has 2 aromatic rings. The number of para-hydroxylation sites is 1. The molecule has 2 unspecified atom stereocenters. The summed E-state index contributed by atoms with van der Waals surface area (Å²) in [5, 5.41) is 3.00. The summed E-state index contributed by atoms with van der Waals surface area (Å²) >= 11 is 0. The molecule has 5 nitrogen and oxygen atoms in total. The molecule has 0 bridgehead atoms. The van der Waals surface area contributed by atoms with E-state index >= 15 is 0 Å². The predicted molar refractivity (Wildman–Crippen MR) is 124 cm³/mol. The highest BCUT2D eigenvalue weighted by Crippen LogP contribution is 2.44. The molecule has 0 radical (unpaired) electrons. The van der Waals surface area contributed by atoms with Crippen molar-refractivity contribution in [1.82, 2.24) is 5.32 Å². The molecular formula is C27H31NO4. The largest absolute Gasteiger partial charge is 0.494 e. The fraction of sp³-hybridized carbons (Fsp3) is 0.407. The molecule has 0 aromatic heterocycles. The number of Topliss-reactive ketones (excluding diaryl/α,β-unsaturated/α-hetero) is 1. The zero-order valence-electron chi connectivity index (χ0n) is 19.0. The number of hydrogen-bond acceptors (Lipinski definition) is 4. The molecule has 0 saturated carbocycles. The zero-order valence-corrected chi connectivity index (χ0v) is 19.0. The minimum Gasteiger partial charge on any atom is -0.494 e. The zero-order chi connectivity index (χ0) is 22.7. The van der Waals surface area contributed by atoms with Crippen molar-refractivity contribution < 1.29 is 19.1 Å². The Bertz CT molecular complexity index is 1020. The van der Waals surface area contributed by atoms with Crippen LogP contribution in [-0.2, 0) is 9.59 Å². The SMILES string of the molecule is CCOc1ccccc1C1CC(=O)NC2=C1C(=O)CC(c1ccc(OCC(C)C)cc1)C2. The number of nitrogens with one attached hydrogen (secondary N) is 1. The molecule has 1 aliphatic heterocycles. The Morgan fingerprint density at radius 1 is 0.969 bits per heavy atom. The standard InChI is InChI=1S/C27H31NO4/c1-4-31-25-8-6-5-7-21(25)22-15-26(30)28-23-13-19(14-24(29)27(22)23)18-9-11-20(12-10-18)32-16-17(2)3/h5-12,17,19,22H,4,13-16H2,1-3H3,(H,28,30). The maximum atomic E-state index is 13.3. The van der Waals surface area contributed by atoms with Gasteiger partial charge in [0.1, 0.15) is 11.5 Å². The molecule has 1 heterocycles. The first-order valence-corrected chi connectivity index (χ1v) is 11.5. The van der Waals surface area contributed by atoms with Gasteiger partial charge >= 0.3 is 0 Å². The molecule has 1 amide bonds. The van der Waals surface area contributed by atoms with Crippen LogP contribution in [0.15, 0.2) is 59.8 Å². The summed E-state index contributed by atoms with van der Waals surface area (Å²) in [6.45, 7) is 7.38. The molecule has 1 N–H and O–H groups in total. The summed E-state index contributed by atoms with van der Waals surface area (Å²) in [6, 6.07) is 15.7. The van der Waals surface area contributed by atoms with E-state index in [2.05, 4.69) is 19.2 Å². The Morgan fingerprint density at radius 3 is 2.44 bits per heavy atom. The van der Waals surface area contributed by atoms with Gasteiger partial charge in [-0.25, -0.2) is 0 Å². The van der Waals surface area contributed by atoms with E-state index in [1.807, 2.05) is 55.5 Å². The Balaban J connectivity index is 1.60. The van der Waals surface area contributed by atoms with Gasteiger partial charge in [-0.05, 0) is 48.9 Å². The van der Waals surface area contributed by atoms with Crippen LogP contribution in [0.4, 0.5) is 0 Å². The van der Waals surface area contributed by atoms with Gasteiger partial charge in [-0.3, -0.25) is 9.59 Å². The topological polar surface area (TPSA) is 64.6 Å². The van der Waals surface area contributed by atoms with Crippen LogP contribution < -0.4 is 14.8 Å². The van der Waals surface area contributed by atoms with Crippen molar-refractivity contribution in [3.05, 3.63) is 70.9 Å². The molecular weight excluding hydrogens is 402 g/mol. The van der Waals surface area contributed by atoms with Crippen LogP contribution in [0.2, 0.25) is 0 Å². The van der Waals surface area contributed by atoms with Gasteiger partial charge in [0.25, 0.3) is 0 Å². The number of hydrogen-bond donors (Lipinski definition) is 1. The average molecular weight is 434 g/mol. The third-order valence-corrected chi connectivity index (χ3v) is 6.07. The monoisotopic (exact) mass is 433 g/mol. The Hall–Kier alpha value is -3.08. The van der Waals surface area contributed by atoms with Gasteiger partial charge < -0.3 is 14.8 Å². The number of ketones is 1. The molecule has 32 heavy (non-hydrogen) atoms. The number of rotatable bonds is 7. The van der Waals surface area contributed by atoms with Crippen molar-refractivity contribution in [1.29, 1.82) is 0 Å². The number of benzene rings is 2. The van der Waals surface area contributed by atoms with Gasteiger partial charge in [0, 0.05) is 35.6 Å². The van der Waals surface area contributed by atoms with Gasteiger partial charge in [-0.1, -0.05) is 44.2 Å². The van der Waals surface area contributed by atoms with E-state index in [1.54, 1.807) is 0 Å². The van der Waals surface area contributed by atoms with Crippen molar-refractivity contribution in [2.24, 2.45) is 5.92 Å². The number of amides is 1. The van der Waals surface area contributed by atoms with Crippen molar-refractivity contribution in [2.45, 2.75) is 51.9 Å². The number of allylic oxidation sites excluding steroid dienone is 2. The number of carbonyl (C=O) groups excluding carboxylic acids is 2. The summed E-state index contributed by atoms with van der Waals surface area (Å²) in [6.07, 6.45) is 1.35. The highest BCUT2D eigenvalue weighted by molar-refractivity contribution is 6.02. The van der Waals surface area contributed by atoms with Crippen LogP contribution in [-0.4, -0.2) is 24.9 Å². The van der Waals surface area contributed by atoms with Gasteiger partial charge in [0.2, 0.25) is 5.91 Å². The van der Waals surface area contributed by atoms with E-state index < -0.39 is 0 Å². The first kappa shape index (κ1) is 22.1. The second kappa shape index (κ2) is 9.60. The predicted octanol–water partition coefficient (Wildman–Crippen LogP) is 5.12. The van der Waals surface area contributed by atoms with E-state index in [0.717, 1.165) is 33.9 Å². The van der Waals surface area contributed by atoms with Crippen LogP contribution in [0.5, 0.6) is 11.5 Å². The van der Waals surface area contributed by atoms with Crippen LogP contribution in [0.3, 0.4) is 0 Å². The smallest absolute Gasteiger partial charge is 0.225 e. The molecule has 5 heteroatoms. The molecule has 1 aliphatic carbocycles. The summed E-state index contributed by atoms with van der Waals surface area (Å²) in [5.41, 5.74) is 3.51. The first-order chi connectivity index (χ1) is 15.5. The quantitative estimate of drug-likeness (QED) is 0.658. The fourth-order valence-electron chi connectivity index (χ4n) is 4.62. The van der Waals surface area contributed by atoms with Gasteiger partial charge in [-0.15, -0.1) is 0 Å². The lowest BCUT2D eigenvalue weighted by molar-refractivity contribution is -0.122. The molecule has 2 aliphatic rings. The second-order valence-corrected chi connectivity index (χ2v) is 8.97. The van der Waals surface area contributed by atoms with Crippen molar-refractivity contribution in [2.75, 3.05) is 13.2 Å². The minimum absolute atomic E-state index is 0.0431. The maximum absolute atomic E-state index is 13.3. The minimum atomic E-state index is -0.262. The van der Waals surface area contributed by atoms with Crippen LogP contribution in [0, 0.1) is 5.92 Å². The Labute approximate surface area is 189 Å². The second-order valence-electron chi connectivity index (χ2n) is 8.97. The summed E-state index contributed by atoms with van der Waals surface area (Å²) < 4.78 is 11.6. The van der Waals surface area contributed by atoms with E-state index in [9.17, 15) is 9.59 Å². The lowest BCUT2D eigenvalue weighted by Crippen LogP contribution is -2.38. The average Bonchev–Trinajstić information content (AvgIpc) is 2.77.